The Kier molecular flexibility index (Phi) is 6.67. The van der Waals surface area contributed by atoms with Crippen LogP contribution in [0.2, 0.25) is 5.02 Å². The molecule has 0 amide bonds. The number of guanidine groups is 1. The number of benzene rings is 1. The average Bonchev–Trinajstić information content (AvgIpc) is 3.48. The van der Waals surface area contributed by atoms with E-state index < -0.39 is 0 Å². The minimum atomic E-state index is 0.364. The molecule has 1 aromatic carbocycles. The molecule has 4 rings (SSSR count). The number of halogens is 1. The lowest BCUT2D eigenvalue weighted by Gasteiger charge is -2.23. The second-order valence-electron chi connectivity index (χ2n) is 7.80. The maximum Gasteiger partial charge on any atom is 0.248 e. The zero-order valence-electron chi connectivity index (χ0n) is 17.0. The summed E-state index contributed by atoms with van der Waals surface area (Å²) in [7, 11) is 0. The van der Waals surface area contributed by atoms with Crippen LogP contribution in [-0.4, -0.2) is 65.2 Å². The zero-order valence-corrected chi connectivity index (χ0v) is 17.7. The quantitative estimate of drug-likeness (QED) is 0.575. The fourth-order valence-corrected chi connectivity index (χ4v) is 4.33. The summed E-state index contributed by atoms with van der Waals surface area (Å²) in [6.45, 7) is 9.13. The van der Waals surface area contributed by atoms with Gasteiger partial charge in [0.25, 0.3) is 0 Å². The molecule has 0 radical (unpaired) electrons. The standard InChI is InChI=1S/C21H29ClN6O/c1-2-23-21(28-11-8-16(15-28)14-27-9-3-4-10-27)24-13-19-25-20(26-29-19)17-6-5-7-18(22)12-17/h5-7,12,16H,2-4,8-11,13-15H2,1H3,(H,23,24). The maximum absolute atomic E-state index is 6.05. The Morgan fingerprint density at radius 2 is 2.17 bits per heavy atom. The summed E-state index contributed by atoms with van der Waals surface area (Å²) >= 11 is 6.05. The van der Waals surface area contributed by atoms with E-state index in [1.165, 1.54) is 38.9 Å². The first-order chi connectivity index (χ1) is 14.2. The van der Waals surface area contributed by atoms with E-state index in [2.05, 4.69) is 32.2 Å². The molecule has 2 aromatic rings. The highest BCUT2D eigenvalue weighted by atomic mass is 35.5. The van der Waals surface area contributed by atoms with E-state index in [9.17, 15) is 0 Å². The largest absolute Gasteiger partial charge is 0.357 e. The number of aliphatic imine (C=N–C) groups is 1. The van der Waals surface area contributed by atoms with E-state index in [0.717, 1.165) is 37.1 Å². The first-order valence-corrected chi connectivity index (χ1v) is 10.9. The smallest absolute Gasteiger partial charge is 0.248 e. The average molecular weight is 417 g/mol. The van der Waals surface area contributed by atoms with Gasteiger partial charge >= 0.3 is 0 Å². The molecule has 7 nitrogen and oxygen atoms in total. The molecule has 29 heavy (non-hydrogen) atoms. The van der Waals surface area contributed by atoms with Crippen LogP contribution in [0.4, 0.5) is 0 Å². The van der Waals surface area contributed by atoms with Crippen LogP contribution in [0.25, 0.3) is 11.4 Å². The number of hydrogen-bond acceptors (Lipinski definition) is 5. The first kappa shape index (κ1) is 20.2. The van der Waals surface area contributed by atoms with Crippen LogP contribution in [-0.2, 0) is 6.54 Å². The van der Waals surface area contributed by atoms with Gasteiger partial charge in [0.1, 0.15) is 6.54 Å². The Labute approximate surface area is 177 Å². The van der Waals surface area contributed by atoms with Gasteiger partial charge in [-0.25, -0.2) is 4.99 Å². The second kappa shape index (κ2) is 9.59. The third-order valence-electron chi connectivity index (χ3n) is 5.55. The first-order valence-electron chi connectivity index (χ1n) is 10.6. The van der Waals surface area contributed by atoms with Crippen molar-refractivity contribution in [3.63, 3.8) is 0 Å². The molecule has 2 saturated heterocycles. The third kappa shape index (κ3) is 5.28. The normalized spacial score (nSPS) is 20.6. The maximum atomic E-state index is 6.05. The van der Waals surface area contributed by atoms with Gasteiger partial charge in [-0.2, -0.15) is 4.98 Å². The number of likely N-dealkylation sites (tertiary alicyclic amines) is 2. The van der Waals surface area contributed by atoms with Crippen LogP contribution in [0.1, 0.15) is 32.1 Å². The van der Waals surface area contributed by atoms with Gasteiger partial charge in [0.05, 0.1) is 0 Å². The highest BCUT2D eigenvalue weighted by Crippen LogP contribution is 2.21. The second-order valence-corrected chi connectivity index (χ2v) is 8.24. The summed E-state index contributed by atoms with van der Waals surface area (Å²) in [4.78, 5) is 14.2. The molecule has 0 bridgehead atoms. The van der Waals surface area contributed by atoms with Gasteiger partial charge in [-0.05, 0) is 57.3 Å². The fourth-order valence-electron chi connectivity index (χ4n) is 4.14. The summed E-state index contributed by atoms with van der Waals surface area (Å²) < 4.78 is 5.40. The van der Waals surface area contributed by atoms with Crippen LogP contribution in [0.15, 0.2) is 33.8 Å². The minimum absolute atomic E-state index is 0.364. The SMILES string of the molecule is CCNC(=NCc1nc(-c2cccc(Cl)c2)no1)N1CCC(CN2CCCC2)C1. The van der Waals surface area contributed by atoms with E-state index in [-0.39, 0.29) is 0 Å². The molecule has 0 saturated carbocycles. The van der Waals surface area contributed by atoms with Crippen molar-refractivity contribution in [2.24, 2.45) is 10.9 Å². The minimum Gasteiger partial charge on any atom is -0.357 e. The summed E-state index contributed by atoms with van der Waals surface area (Å²) in [5.74, 6) is 2.69. The highest BCUT2D eigenvalue weighted by Gasteiger charge is 2.27. The lowest BCUT2D eigenvalue weighted by molar-refractivity contribution is 0.281. The van der Waals surface area contributed by atoms with Gasteiger partial charge < -0.3 is 19.6 Å². The van der Waals surface area contributed by atoms with Gasteiger partial charge in [-0.15, -0.1) is 0 Å². The Morgan fingerprint density at radius 1 is 1.31 bits per heavy atom. The van der Waals surface area contributed by atoms with Crippen molar-refractivity contribution in [2.45, 2.75) is 32.7 Å². The molecular formula is C21H29ClN6O. The Hall–Kier alpha value is -2.12. The van der Waals surface area contributed by atoms with E-state index >= 15 is 0 Å². The van der Waals surface area contributed by atoms with Crippen LogP contribution in [0, 0.1) is 5.92 Å². The number of aromatic nitrogens is 2. The van der Waals surface area contributed by atoms with E-state index in [4.69, 9.17) is 21.1 Å². The van der Waals surface area contributed by atoms with Crippen molar-refractivity contribution in [1.29, 1.82) is 0 Å². The predicted octanol–water partition coefficient (Wildman–Crippen LogP) is 3.27. The lowest BCUT2D eigenvalue weighted by atomic mass is 10.1. The van der Waals surface area contributed by atoms with E-state index in [0.29, 0.717) is 23.3 Å². The molecule has 0 spiro atoms. The third-order valence-corrected chi connectivity index (χ3v) is 5.79. The summed E-state index contributed by atoms with van der Waals surface area (Å²) in [5, 5.41) is 8.13. The van der Waals surface area contributed by atoms with Crippen molar-refractivity contribution >= 4 is 17.6 Å². The van der Waals surface area contributed by atoms with Gasteiger partial charge in [-0.3, -0.25) is 0 Å². The topological polar surface area (TPSA) is 69.8 Å². The van der Waals surface area contributed by atoms with Crippen LogP contribution < -0.4 is 5.32 Å². The van der Waals surface area contributed by atoms with Gasteiger partial charge in [0.2, 0.25) is 11.7 Å². The molecule has 2 fully saturated rings. The lowest BCUT2D eigenvalue weighted by Crippen LogP contribution is -2.40. The number of nitrogens with one attached hydrogen (secondary N) is 1. The van der Waals surface area contributed by atoms with Crippen LogP contribution in [0.3, 0.4) is 0 Å². The van der Waals surface area contributed by atoms with Crippen LogP contribution in [0.5, 0.6) is 0 Å². The fraction of sp³-hybridized carbons (Fsp3) is 0.571. The number of rotatable bonds is 6. The van der Waals surface area contributed by atoms with Gasteiger partial charge in [0, 0.05) is 36.8 Å². The van der Waals surface area contributed by atoms with Gasteiger partial charge in [0.15, 0.2) is 5.96 Å². The van der Waals surface area contributed by atoms with Crippen LogP contribution >= 0.6 is 11.6 Å². The molecular weight excluding hydrogens is 388 g/mol. The molecule has 0 aliphatic carbocycles. The van der Waals surface area contributed by atoms with Crippen molar-refractivity contribution < 1.29 is 4.52 Å². The summed E-state index contributed by atoms with van der Waals surface area (Å²) in [6.07, 6.45) is 3.92. The highest BCUT2D eigenvalue weighted by molar-refractivity contribution is 6.30. The molecule has 8 heteroatoms. The van der Waals surface area contributed by atoms with Crippen molar-refractivity contribution in [3.05, 3.63) is 35.2 Å². The predicted molar refractivity (Wildman–Crippen MR) is 115 cm³/mol. The Balaban J connectivity index is 1.37. The molecule has 1 atom stereocenters. The van der Waals surface area contributed by atoms with Crippen molar-refractivity contribution in [1.82, 2.24) is 25.3 Å². The Morgan fingerprint density at radius 3 is 2.97 bits per heavy atom. The summed E-state index contributed by atoms with van der Waals surface area (Å²) in [6, 6.07) is 7.44. The molecule has 1 aromatic heterocycles. The van der Waals surface area contributed by atoms with Crippen molar-refractivity contribution in [2.75, 3.05) is 39.3 Å². The van der Waals surface area contributed by atoms with E-state index in [1.807, 2.05) is 24.3 Å². The Bertz CT molecular complexity index is 832. The molecule has 2 aliphatic rings. The molecule has 156 valence electrons. The molecule has 3 heterocycles. The van der Waals surface area contributed by atoms with Gasteiger partial charge in [-0.1, -0.05) is 28.9 Å². The molecule has 2 aliphatic heterocycles. The zero-order chi connectivity index (χ0) is 20.1. The number of hydrogen-bond donors (Lipinski definition) is 1. The number of nitrogens with zero attached hydrogens (tertiary/aromatic N) is 5. The molecule has 1 unspecified atom stereocenters. The monoisotopic (exact) mass is 416 g/mol. The summed E-state index contributed by atoms with van der Waals surface area (Å²) in [5.41, 5.74) is 0.840. The van der Waals surface area contributed by atoms with Crippen molar-refractivity contribution in [3.8, 4) is 11.4 Å². The van der Waals surface area contributed by atoms with E-state index in [1.54, 1.807) is 0 Å². The molecule has 1 N–H and O–H groups in total.